The summed E-state index contributed by atoms with van der Waals surface area (Å²) in [6.45, 7) is 4.34. The number of rotatable bonds is 7. The van der Waals surface area contributed by atoms with Crippen LogP contribution < -0.4 is 10.1 Å². The van der Waals surface area contributed by atoms with Crippen molar-refractivity contribution in [3.63, 3.8) is 0 Å². The summed E-state index contributed by atoms with van der Waals surface area (Å²) in [5.74, 6) is 1.07. The Hall–Kier alpha value is -1.98. The Labute approximate surface area is 170 Å². The highest BCUT2D eigenvalue weighted by Gasteiger charge is 2.38. The standard InChI is InChI=1S/C23H29NO3S/c1-4-6-12-23(5-2)16-28(26)21-13-18(15-25)20(27-3)14-19(21)22(24-23)17-10-8-7-9-11-17/h7-11,13-15,22,24H,4-6,12,16H2,1-3H3/t22-,23-,28?/m1/s1. The zero-order chi connectivity index (χ0) is 20.1. The van der Waals surface area contributed by atoms with Gasteiger partial charge in [-0.1, -0.05) is 57.0 Å². The minimum atomic E-state index is -1.20. The fourth-order valence-corrected chi connectivity index (χ4v) is 5.77. The van der Waals surface area contributed by atoms with Crippen LogP contribution >= 0.6 is 0 Å². The van der Waals surface area contributed by atoms with Gasteiger partial charge in [-0.3, -0.25) is 14.3 Å². The summed E-state index contributed by atoms with van der Waals surface area (Å²) in [4.78, 5) is 12.3. The fraction of sp³-hybridized carbons (Fsp3) is 0.435. The lowest BCUT2D eigenvalue weighted by molar-refractivity contribution is 0.112. The second-order valence-electron chi connectivity index (χ2n) is 7.47. The first-order chi connectivity index (χ1) is 13.6. The van der Waals surface area contributed by atoms with Gasteiger partial charge in [0.1, 0.15) is 5.75 Å². The highest BCUT2D eigenvalue weighted by Crippen LogP contribution is 2.39. The zero-order valence-corrected chi connectivity index (χ0v) is 17.7. The third kappa shape index (κ3) is 4.06. The molecule has 4 nitrogen and oxygen atoms in total. The average Bonchev–Trinajstić information content (AvgIpc) is 2.86. The summed E-state index contributed by atoms with van der Waals surface area (Å²) in [5, 5.41) is 3.87. The van der Waals surface area contributed by atoms with Gasteiger partial charge in [0.15, 0.2) is 6.29 Å². The van der Waals surface area contributed by atoms with E-state index in [1.54, 1.807) is 13.2 Å². The third-order valence-electron chi connectivity index (χ3n) is 5.72. The number of fused-ring (bicyclic) bond motifs is 1. The van der Waals surface area contributed by atoms with Crippen molar-refractivity contribution in [3.8, 4) is 5.75 Å². The Balaban J connectivity index is 2.20. The second kappa shape index (κ2) is 9.01. The van der Waals surface area contributed by atoms with Crippen molar-refractivity contribution in [2.75, 3.05) is 12.9 Å². The van der Waals surface area contributed by atoms with Crippen LogP contribution in [0.2, 0.25) is 0 Å². The van der Waals surface area contributed by atoms with Crippen LogP contribution in [0.1, 0.15) is 67.1 Å². The zero-order valence-electron chi connectivity index (χ0n) is 16.9. The van der Waals surface area contributed by atoms with E-state index in [-0.39, 0.29) is 11.6 Å². The molecule has 1 N–H and O–H groups in total. The lowest BCUT2D eigenvalue weighted by atomic mass is 9.88. The van der Waals surface area contributed by atoms with Crippen LogP contribution in [-0.4, -0.2) is 28.9 Å². The number of benzene rings is 2. The van der Waals surface area contributed by atoms with Crippen molar-refractivity contribution in [1.82, 2.24) is 5.32 Å². The summed E-state index contributed by atoms with van der Waals surface area (Å²) in [5.41, 5.74) is 2.28. The number of hydrogen-bond donors (Lipinski definition) is 1. The molecule has 0 aromatic heterocycles. The van der Waals surface area contributed by atoms with E-state index in [1.165, 1.54) is 0 Å². The number of carbonyl (C=O) groups is 1. The number of aldehydes is 1. The molecule has 5 heteroatoms. The first kappa shape index (κ1) is 20.7. The quantitative estimate of drug-likeness (QED) is 0.689. The van der Waals surface area contributed by atoms with Gasteiger partial charge in [0.2, 0.25) is 0 Å². The minimum Gasteiger partial charge on any atom is -0.496 e. The van der Waals surface area contributed by atoms with Gasteiger partial charge in [-0.05, 0) is 36.1 Å². The summed E-state index contributed by atoms with van der Waals surface area (Å²) in [7, 11) is 0.362. The molecule has 0 aliphatic carbocycles. The molecule has 0 amide bonds. The highest BCUT2D eigenvalue weighted by molar-refractivity contribution is 7.85. The van der Waals surface area contributed by atoms with E-state index >= 15 is 0 Å². The Bertz CT molecular complexity index is 852. The molecule has 2 aromatic carbocycles. The summed E-state index contributed by atoms with van der Waals surface area (Å²) in [6, 6.07) is 13.8. The Kier molecular flexibility index (Phi) is 6.68. The van der Waals surface area contributed by atoms with E-state index in [1.807, 2.05) is 24.3 Å². The highest BCUT2D eigenvalue weighted by atomic mass is 32.2. The fourth-order valence-electron chi connectivity index (χ4n) is 3.99. The van der Waals surface area contributed by atoms with Crippen LogP contribution in [-0.2, 0) is 10.8 Å². The normalized spacial score (nSPS) is 24.2. The number of unbranched alkanes of at least 4 members (excludes halogenated alkanes) is 1. The number of methoxy groups -OCH3 is 1. The van der Waals surface area contributed by atoms with E-state index in [0.29, 0.717) is 17.1 Å². The summed E-state index contributed by atoms with van der Waals surface area (Å²) in [6.07, 6.45) is 4.83. The third-order valence-corrected chi connectivity index (χ3v) is 7.38. The van der Waals surface area contributed by atoms with Gasteiger partial charge in [0, 0.05) is 16.2 Å². The second-order valence-corrected chi connectivity index (χ2v) is 8.88. The number of ether oxygens (including phenoxy) is 1. The van der Waals surface area contributed by atoms with Crippen LogP contribution in [0.4, 0.5) is 0 Å². The molecule has 1 aliphatic rings. The lowest BCUT2D eigenvalue weighted by Crippen LogP contribution is -2.49. The Morgan fingerprint density at radius 2 is 2.00 bits per heavy atom. The molecule has 3 atom stereocenters. The van der Waals surface area contributed by atoms with Crippen LogP contribution in [0, 0.1) is 0 Å². The van der Waals surface area contributed by atoms with Gasteiger partial charge in [0.05, 0.1) is 29.5 Å². The predicted octanol–water partition coefficient (Wildman–Crippen LogP) is 4.65. The van der Waals surface area contributed by atoms with Gasteiger partial charge in [0.25, 0.3) is 0 Å². The maximum Gasteiger partial charge on any atom is 0.153 e. The molecular weight excluding hydrogens is 370 g/mol. The Morgan fingerprint density at radius 3 is 2.61 bits per heavy atom. The molecular formula is C23H29NO3S. The number of nitrogens with one attached hydrogen (secondary N) is 1. The molecule has 0 saturated carbocycles. The molecule has 0 saturated heterocycles. The monoisotopic (exact) mass is 399 g/mol. The molecule has 1 heterocycles. The first-order valence-corrected chi connectivity index (χ1v) is 11.3. The molecule has 2 aromatic rings. The number of hydrogen-bond acceptors (Lipinski definition) is 4. The SMILES string of the molecule is CCCC[C@]1(CC)CS(=O)c2cc(C=O)c(OC)cc2[C@@H](c2ccccc2)N1. The number of carbonyl (C=O) groups excluding carboxylic acids is 1. The van der Waals surface area contributed by atoms with Gasteiger partial charge in [-0.15, -0.1) is 0 Å². The predicted molar refractivity (Wildman–Crippen MR) is 114 cm³/mol. The van der Waals surface area contributed by atoms with E-state index in [2.05, 4.69) is 31.3 Å². The molecule has 150 valence electrons. The molecule has 0 spiro atoms. The lowest BCUT2D eigenvalue weighted by Gasteiger charge is -2.36. The van der Waals surface area contributed by atoms with Crippen molar-refractivity contribution in [2.45, 2.75) is 56.0 Å². The molecule has 0 bridgehead atoms. The van der Waals surface area contributed by atoms with Crippen LogP contribution in [0.25, 0.3) is 0 Å². The van der Waals surface area contributed by atoms with Crippen molar-refractivity contribution in [2.24, 2.45) is 0 Å². The summed E-state index contributed by atoms with van der Waals surface area (Å²) < 4.78 is 18.8. The van der Waals surface area contributed by atoms with Crippen molar-refractivity contribution in [3.05, 3.63) is 59.2 Å². The van der Waals surface area contributed by atoms with Crippen molar-refractivity contribution in [1.29, 1.82) is 0 Å². The van der Waals surface area contributed by atoms with Crippen LogP contribution in [0.3, 0.4) is 0 Å². The van der Waals surface area contributed by atoms with Crippen LogP contribution in [0.15, 0.2) is 47.4 Å². The molecule has 0 fully saturated rings. The van der Waals surface area contributed by atoms with E-state index in [0.717, 1.165) is 48.0 Å². The van der Waals surface area contributed by atoms with Gasteiger partial charge < -0.3 is 4.74 Å². The van der Waals surface area contributed by atoms with Gasteiger partial charge in [-0.2, -0.15) is 0 Å². The average molecular weight is 400 g/mol. The van der Waals surface area contributed by atoms with E-state index < -0.39 is 10.8 Å². The molecule has 3 rings (SSSR count). The maximum absolute atomic E-state index is 13.4. The molecule has 1 aliphatic heterocycles. The van der Waals surface area contributed by atoms with Crippen molar-refractivity contribution < 1.29 is 13.7 Å². The van der Waals surface area contributed by atoms with Gasteiger partial charge >= 0.3 is 0 Å². The summed E-state index contributed by atoms with van der Waals surface area (Å²) >= 11 is 0. The largest absolute Gasteiger partial charge is 0.496 e. The smallest absolute Gasteiger partial charge is 0.153 e. The first-order valence-electron chi connectivity index (χ1n) is 9.95. The Morgan fingerprint density at radius 1 is 1.25 bits per heavy atom. The molecule has 1 unspecified atom stereocenters. The molecule has 28 heavy (non-hydrogen) atoms. The maximum atomic E-state index is 13.4. The minimum absolute atomic E-state index is 0.103. The van der Waals surface area contributed by atoms with Crippen LogP contribution in [0.5, 0.6) is 5.75 Å². The van der Waals surface area contributed by atoms with E-state index in [9.17, 15) is 9.00 Å². The van der Waals surface area contributed by atoms with Crippen molar-refractivity contribution >= 4 is 17.1 Å². The molecule has 0 radical (unpaired) electrons. The van der Waals surface area contributed by atoms with E-state index in [4.69, 9.17) is 4.74 Å². The topological polar surface area (TPSA) is 55.4 Å². The van der Waals surface area contributed by atoms with Gasteiger partial charge in [-0.25, -0.2) is 0 Å².